The summed E-state index contributed by atoms with van der Waals surface area (Å²) in [6.07, 6.45) is 10.6. The van der Waals surface area contributed by atoms with Gasteiger partial charge in [-0.05, 0) is 116 Å². The first-order chi connectivity index (χ1) is 17.9. The van der Waals surface area contributed by atoms with Gasteiger partial charge in [0.05, 0.1) is 18.2 Å². The van der Waals surface area contributed by atoms with Crippen molar-refractivity contribution in [1.29, 1.82) is 5.26 Å². The SMILES string of the molecule is CCCC(CCCCC(=O)c1ccc(C)c(/C(C)=C(/C=C(\C)COC)C2CC2)c1)c1ccc(C#N)cc1. The number of unbranched alkanes of at least 4 members (excludes halogenated alkanes) is 1. The van der Waals surface area contributed by atoms with Gasteiger partial charge in [-0.3, -0.25) is 4.79 Å². The molecule has 0 radical (unpaired) electrons. The van der Waals surface area contributed by atoms with Crippen molar-refractivity contribution in [2.45, 2.75) is 85.0 Å². The van der Waals surface area contributed by atoms with E-state index in [9.17, 15) is 4.79 Å². The number of aryl methyl sites for hydroxylation is 1. The number of methoxy groups -OCH3 is 1. The molecule has 2 aromatic rings. The minimum Gasteiger partial charge on any atom is -0.380 e. The van der Waals surface area contributed by atoms with Crippen molar-refractivity contribution < 1.29 is 9.53 Å². The average molecular weight is 498 g/mol. The lowest BCUT2D eigenvalue weighted by Gasteiger charge is -2.17. The predicted octanol–water partition coefficient (Wildman–Crippen LogP) is 8.97. The van der Waals surface area contributed by atoms with Crippen LogP contribution in [-0.4, -0.2) is 19.5 Å². The molecule has 37 heavy (non-hydrogen) atoms. The number of allylic oxidation sites excluding steroid dienone is 3. The van der Waals surface area contributed by atoms with Crippen LogP contribution in [0.15, 0.2) is 59.7 Å². The fraction of sp³-hybridized carbons (Fsp3) is 0.471. The Labute approximate surface area is 224 Å². The zero-order valence-electron chi connectivity index (χ0n) is 23.4. The molecular formula is C34H43NO2. The van der Waals surface area contributed by atoms with Crippen molar-refractivity contribution in [2.75, 3.05) is 13.7 Å². The van der Waals surface area contributed by atoms with Gasteiger partial charge < -0.3 is 4.74 Å². The third kappa shape index (κ3) is 8.27. The van der Waals surface area contributed by atoms with Gasteiger partial charge in [0.15, 0.2) is 5.78 Å². The molecule has 0 saturated heterocycles. The van der Waals surface area contributed by atoms with Gasteiger partial charge in [-0.15, -0.1) is 0 Å². The maximum Gasteiger partial charge on any atom is 0.162 e. The standard InChI is InChI=1S/C34H43NO2/c1-6-9-28(29-16-13-27(22-35)14-17-29)10-7-8-11-34(36)31-15-12-25(3)32(21-31)26(4)33(30-18-19-30)20-24(2)23-37-5/h12-17,20-21,28,30H,6-11,18-19,23H2,1-5H3/b24-20+,33-26-. The average Bonchev–Trinajstić information content (AvgIpc) is 3.74. The summed E-state index contributed by atoms with van der Waals surface area (Å²) in [5.41, 5.74) is 9.16. The van der Waals surface area contributed by atoms with Crippen LogP contribution in [-0.2, 0) is 4.74 Å². The van der Waals surface area contributed by atoms with Gasteiger partial charge in [-0.25, -0.2) is 0 Å². The molecule has 1 fully saturated rings. The molecule has 3 nitrogen and oxygen atoms in total. The summed E-state index contributed by atoms with van der Waals surface area (Å²) >= 11 is 0. The zero-order valence-corrected chi connectivity index (χ0v) is 23.4. The summed E-state index contributed by atoms with van der Waals surface area (Å²) in [6.45, 7) is 9.33. The lowest BCUT2D eigenvalue weighted by atomic mass is 9.88. The molecule has 1 atom stereocenters. The van der Waals surface area contributed by atoms with Crippen LogP contribution in [0.5, 0.6) is 0 Å². The zero-order chi connectivity index (χ0) is 26.8. The topological polar surface area (TPSA) is 50.1 Å². The van der Waals surface area contributed by atoms with Gasteiger partial charge in [0.25, 0.3) is 0 Å². The molecule has 0 N–H and O–H groups in total. The highest BCUT2D eigenvalue weighted by molar-refractivity contribution is 5.97. The molecule has 0 spiro atoms. The van der Waals surface area contributed by atoms with Crippen LogP contribution < -0.4 is 0 Å². The molecule has 1 unspecified atom stereocenters. The lowest BCUT2D eigenvalue weighted by molar-refractivity contribution is 0.0979. The quantitative estimate of drug-likeness (QED) is 0.149. The van der Waals surface area contributed by atoms with Crippen LogP contribution in [0.1, 0.15) is 111 Å². The molecular weight excluding hydrogens is 454 g/mol. The molecule has 1 aliphatic carbocycles. The van der Waals surface area contributed by atoms with Gasteiger partial charge in [0, 0.05) is 19.1 Å². The van der Waals surface area contributed by atoms with Crippen LogP contribution >= 0.6 is 0 Å². The van der Waals surface area contributed by atoms with Crippen molar-refractivity contribution in [2.24, 2.45) is 5.92 Å². The predicted molar refractivity (Wildman–Crippen MR) is 154 cm³/mol. The number of ether oxygens (including phenoxy) is 1. The Morgan fingerprint density at radius 2 is 1.84 bits per heavy atom. The summed E-state index contributed by atoms with van der Waals surface area (Å²) < 4.78 is 5.33. The Hall–Kier alpha value is -2.96. The molecule has 0 heterocycles. The lowest BCUT2D eigenvalue weighted by Crippen LogP contribution is -2.03. The van der Waals surface area contributed by atoms with Crippen molar-refractivity contribution in [3.05, 3.63) is 87.5 Å². The monoisotopic (exact) mass is 497 g/mol. The number of rotatable bonds is 14. The Bertz CT molecular complexity index is 1160. The van der Waals surface area contributed by atoms with Crippen molar-refractivity contribution in [3.63, 3.8) is 0 Å². The van der Waals surface area contributed by atoms with E-state index in [2.05, 4.69) is 64.1 Å². The van der Waals surface area contributed by atoms with Gasteiger partial charge in [-0.1, -0.05) is 50.1 Å². The summed E-state index contributed by atoms with van der Waals surface area (Å²) in [5.74, 6) is 1.35. The van der Waals surface area contributed by atoms with Crippen LogP contribution in [0.4, 0.5) is 0 Å². The number of carbonyl (C=O) groups is 1. The second-order valence-electron chi connectivity index (χ2n) is 10.7. The van der Waals surface area contributed by atoms with E-state index >= 15 is 0 Å². The minimum absolute atomic E-state index is 0.235. The summed E-state index contributed by atoms with van der Waals surface area (Å²) in [6, 6.07) is 16.4. The van der Waals surface area contributed by atoms with Gasteiger partial charge >= 0.3 is 0 Å². The molecule has 3 heteroatoms. The van der Waals surface area contributed by atoms with Gasteiger partial charge in [-0.2, -0.15) is 5.26 Å². The van der Waals surface area contributed by atoms with E-state index in [0.29, 0.717) is 30.4 Å². The van der Waals surface area contributed by atoms with E-state index in [1.165, 1.54) is 46.3 Å². The molecule has 0 amide bonds. The van der Waals surface area contributed by atoms with Crippen LogP contribution in [0.2, 0.25) is 0 Å². The molecule has 1 saturated carbocycles. The number of Topliss-reactive ketones (excluding diaryl/α,β-unsaturated/α-hetero) is 1. The third-order valence-corrected chi connectivity index (χ3v) is 7.54. The highest BCUT2D eigenvalue weighted by Gasteiger charge is 2.27. The van der Waals surface area contributed by atoms with Gasteiger partial charge in [0.1, 0.15) is 0 Å². The number of benzene rings is 2. The van der Waals surface area contributed by atoms with Crippen LogP contribution in [0.3, 0.4) is 0 Å². The molecule has 3 rings (SSSR count). The van der Waals surface area contributed by atoms with Crippen molar-refractivity contribution >= 4 is 11.4 Å². The Morgan fingerprint density at radius 3 is 2.46 bits per heavy atom. The maximum absolute atomic E-state index is 13.1. The van der Waals surface area contributed by atoms with E-state index in [-0.39, 0.29) is 5.78 Å². The second kappa shape index (κ2) is 14.1. The first-order valence-corrected chi connectivity index (χ1v) is 13.9. The number of nitrogens with zero attached hydrogens (tertiary/aromatic N) is 1. The molecule has 1 aliphatic rings. The number of ketones is 1. The van der Waals surface area contributed by atoms with E-state index < -0.39 is 0 Å². The number of hydrogen-bond acceptors (Lipinski definition) is 3. The van der Waals surface area contributed by atoms with Crippen LogP contribution in [0.25, 0.3) is 5.57 Å². The highest BCUT2D eigenvalue weighted by atomic mass is 16.5. The largest absolute Gasteiger partial charge is 0.380 e. The van der Waals surface area contributed by atoms with Gasteiger partial charge in [0.2, 0.25) is 0 Å². The Balaban J connectivity index is 1.65. The summed E-state index contributed by atoms with van der Waals surface area (Å²) in [7, 11) is 1.74. The fourth-order valence-corrected chi connectivity index (χ4v) is 5.29. The summed E-state index contributed by atoms with van der Waals surface area (Å²) in [5, 5.41) is 9.07. The number of hydrogen-bond donors (Lipinski definition) is 0. The van der Waals surface area contributed by atoms with Crippen molar-refractivity contribution in [3.8, 4) is 6.07 Å². The smallest absolute Gasteiger partial charge is 0.162 e. The number of nitriles is 1. The van der Waals surface area contributed by atoms with Crippen LogP contribution in [0, 0.1) is 24.2 Å². The Morgan fingerprint density at radius 1 is 1.11 bits per heavy atom. The minimum atomic E-state index is 0.235. The summed E-state index contributed by atoms with van der Waals surface area (Å²) in [4.78, 5) is 13.1. The normalized spacial score (nSPS) is 15.2. The maximum atomic E-state index is 13.1. The Kier molecular flexibility index (Phi) is 10.9. The molecule has 0 aromatic heterocycles. The first kappa shape index (κ1) is 28.6. The van der Waals surface area contributed by atoms with Crippen molar-refractivity contribution in [1.82, 2.24) is 0 Å². The fourth-order valence-electron chi connectivity index (χ4n) is 5.29. The second-order valence-corrected chi connectivity index (χ2v) is 10.7. The van der Waals surface area contributed by atoms with E-state index in [1.807, 2.05) is 18.2 Å². The third-order valence-electron chi connectivity index (χ3n) is 7.54. The first-order valence-electron chi connectivity index (χ1n) is 13.9. The van der Waals surface area contributed by atoms with E-state index in [4.69, 9.17) is 10.00 Å². The van der Waals surface area contributed by atoms with E-state index in [0.717, 1.165) is 37.7 Å². The molecule has 2 aromatic carbocycles. The molecule has 196 valence electrons. The highest BCUT2D eigenvalue weighted by Crippen LogP contribution is 2.42. The van der Waals surface area contributed by atoms with E-state index in [1.54, 1.807) is 7.11 Å². The molecule has 0 bridgehead atoms. The number of carbonyl (C=O) groups excluding carboxylic acids is 1. The molecule has 0 aliphatic heterocycles.